The summed E-state index contributed by atoms with van der Waals surface area (Å²) in [6.07, 6.45) is 2.19. The Morgan fingerprint density at radius 2 is 2.24 bits per heavy atom. The van der Waals surface area contributed by atoms with Crippen LogP contribution in [0.25, 0.3) is 0 Å². The van der Waals surface area contributed by atoms with Gasteiger partial charge in [-0.3, -0.25) is 10.1 Å². The van der Waals surface area contributed by atoms with Gasteiger partial charge in [0.05, 0.1) is 11.0 Å². The van der Waals surface area contributed by atoms with Gasteiger partial charge in [-0.05, 0) is 51.8 Å². The molecule has 2 rings (SSSR count). The molecule has 0 aromatic heterocycles. The van der Waals surface area contributed by atoms with Gasteiger partial charge in [0.25, 0.3) is 5.69 Å². The lowest BCUT2D eigenvalue weighted by Crippen LogP contribution is -2.41. The Balaban J connectivity index is 2.38. The Kier molecular flexibility index (Phi) is 4.77. The van der Waals surface area contributed by atoms with Gasteiger partial charge in [-0.25, -0.2) is 4.39 Å². The average molecular weight is 295 g/mol. The molecule has 1 heterocycles. The lowest BCUT2D eigenvalue weighted by atomic mass is 10.1. The molecule has 1 aromatic carbocycles. The van der Waals surface area contributed by atoms with E-state index in [4.69, 9.17) is 0 Å². The number of rotatable bonds is 5. The predicted octanol–water partition coefficient (Wildman–Crippen LogP) is 3.01. The molecule has 6 heteroatoms. The zero-order chi connectivity index (χ0) is 15.6. The van der Waals surface area contributed by atoms with Crippen molar-refractivity contribution in [3.8, 4) is 0 Å². The summed E-state index contributed by atoms with van der Waals surface area (Å²) in [6, 6.07) is 3.05. The van der Waals surface area contributed by atoms with E-state index in [0.29, 0.717) is 23.8 Å². The van der Waals surface area contributed by atoms with Crippen LogP contribution in [0, 0.1) is 22.9 Å². The lowest BCUT2D eigenvalue weighted by molar-refractivity contribution is -0.384. The van der Waals surface area contributed by atoms with Crippen LogP contribution in [-0.2, 0) is 0 Å². The van der Waals surface area contributed by atoms with E-state index in [1.807, 2.05) is 18.7 Å². The first-order chi connectivity index (χ1) is 9.90. The largest absolute Gasteiger partial charge is 0.362 e. The summed E-state index contributed by atoms with van der Waals surface area (Å²) in [5, 5.41) is 14.6. The van der Waals surface area contributed by atoms with Crippen molar-refractivity contribution in [2.45, 2.75) is 45.7 Å². The van der Waals surface area contributed by atoms with Crippen LogP contribution in [0.1, 0.15) is 32.3 Å². The second kappa shape index (κ2) is 6.39. The maximum Gasteiger partial charge on any atom is 0.295 e. The molecule has 0 amide bonds. The molecule has 21 heavy (non-hydrogen) atoms. The van der Waals surface area contributed by atoms with Crippen molar-refractivity contribution in [2.75, 3.05) is 18.0 Å². The van der Waals surface area contributed by atoms with Gasteiger partial charge >= 0.3 is 0 Å². The second-order valence-electron chi connectivity index (χ2n) is 5.89. The molecule has 0 saturated carbocycles. The summed E-state index contributed by atoms with van der Waals surface area (Å²) in [6.45, 7) is 7.31. The summed E-state index contributed by atoms with van der Waals surface area (Å²) in [5.41, 5.74) is 0.771. The molecule has 5 nitrogen and oxygen atoms in total. The van der Waals surface area contributed by atoms with Gasteiger partial charge in [0.1, 0.15) is 11.5 Å². The molecule has 0 spiro atoms. The minimum atomic E-state index is -0.534. The SMILES string of the molecule is Cc1cc(N(CC2CCCN2)C(C)C)c([N+](=O)[O-])cc1F. The number of hydrogen-bond acceptors (Lipinski definition) is 4. The third-order valence-corrected chi connectivity index (χ3v) is 3.96. The maximum absolute atomic E-state index is 13.7. The molecule has 0 radical (unpaired) electrons. The standard InChI is InChI=1S/C15H22FN3O2/c1-10(2)18(9-12-5-4-6-17-12)14-7-11(3)13(16)8-15(14)19(20)21/h7-8,10,12,17H,4-6,9H2,1-3H3. The quantitative estimate of drug-likeness (QED) is 0.670. The highest BCUT2D eigenvalue weighted by Gasteiger charge is 2.26. The van der Waals surface area contributed by atoms with Gasteiger partial charge in [0, 0.05) is 18.6 Å². The predicted molar refractivity (Wildman–Crippen MR) is 81.3 cm³/mol. The fourth-order valence-electron chi connectivity index (χ4n) is 2.77. The van der Waals surface area contributed by atoms with Crippen molar-refractivity contribution in [1.29, 1.82) is 0 Å². The van der Waals surface area contributed by atoms with Crippen molar-refractivity contribution in [1.82, 2.24) is 5.32 Å². The highest BCUT2D eigenvalue weighted by molar-refractivity contribution is 5.65. The Hall–Kier alpha value is -1.69. The third kappa shape index (κ3) is 3.50. The van der Waals surface area contributed by atoms with E-state index in [-0.39, 0.29) is 11.7 Å². The zero-order valence-corrected chi connectivity index (χ0v) is 12.7. The number of anilines is 1. The van der Waals surface area contributed by atoms with Crippen LogP contribution < -0.4 is 10.2 Å². The summed E-state index contributed by atoms with van der Waals surface area (Å²) in [5.74, 6) is -0.534. The highest BCUT2D eigenvalue weighted by atomic mass is 19.1. The molecular formula is C15H22FN3O2. The van der Waals surface area contributed by atoms with Crippen molar-refractivity contribution in [2.24, 2.45) is 0 Å². The van der Waals surface area contributed by atoms with Crippen LogP contribution in [0.5, 0.6) is 0 Å². The van der Waals surface area contributed by atoms with E-state index < -0.39 is 10.7 Å². The average Bonchev–Trinajstić information content (AvgIpc) is 2.91. The number of hydrogen-bond donors (Lipinski definition) is 1. The number of nitro benzene ring substituents is 1. The Labute approximate surface area is 124 Å². The van der Waals surface area contributed by atoms with E-state index in [9.17, 15) is 14.5 Å². The molecule has 1 aromatic rings. The fourth-order valence-corrected chi connectivity index (χ4v) is 2.77. The molecule has 1 N–H and O–H groups in total. The highest BCUT2D eigenvalue weighted by Crippen LogP contribution is 2.32. The van der Waals surface area contributed by atoms with Crippen LogP contribution in [0.4, 0.5) is 15.8 Å². The molecule has 1 fully saturated rings. The van der Waals surface area contributed by atoms with Gasteiger partial charge in [0.15, 0.2) is 0 Å². The topological polar surface area (TPSA) is 58.4 Å². The van der Waals surface area contributed by atoms with Gasteiger partial charge in [0.2, 0.25) is 0 Å². The lowest BCUT2D eigenvalue weighted by Gasteiger charge is -2.31. The zero-order valence-electron chi connectivity index (χ0n) is 12.7. The van der Waals surface area contributed by atoms with E-state index in [2.05, 4.69) is 5.32 Å². The molecule has 1 aliphatic rings. The first-order valence-corrected chi connectivity index (χ1v) is 7.34. The number of nitro groups is 1. The fraction of sp³-hybridized carbons (Fsp3) is 0.600. The van der Waals surface area contributed by atoms with Crippen molar-refractivity contribution < 1.29 is 9.31 Å². The Bertz CT molecular complexity index is 528. The van der Waals surface area contributed by atoms with Crippen LogP contribution in [0.3, 0.4) is 0 Å². The van der Waals surface area contributed by atoms with Crippen molar-refractivity contribution >= 4 is 11.4 Å². The molecule has 1 atom stereocenters. The Morgan fingerprint density at radius 3 is 2.76 bits per heavy atom. The molecule has 1 saturated heterocycles. The van der Waals surface area contributed by atoms with Crippen LogP contribution in [0.15, 0.2) is 12.1 Å². The smallest absolute Gasteiger partial charge is 0.295 e. The van der Waals surface area contributed by atoms with E-state index in [0.717, 1.165) is 25.5 Å². The van der Waals surface area contributed by atoms with E-state index in [1.54, 1.807) is 13.0 Å². The third-order valence-electron chi connectivity index (χ3n) is 3.96. The van der Waals surface area contributed by atoms with Crippen molar-refractivity contribution in [3.05, 3.63) is 33.6 Å². The minimum Gasteiger partial charge on any atom is -0.362 e. The summed E-state index contributed by atoms with van der Waals surface area (Å²) >= 11 is 0. The minimum absolute atomic E-state index is 0.107. The van der Waals surface area contributed by atoms with Gasteiger partial charge in [-0.1, -0.05) is 0 Å². The number of nitrogens with zero attached hydrogens (tertiary/aromatic N) is 2. The summed E-state index contributed by atoms with van der Waals surface area (Å²) < 4.78 is 13.7. The van der Waals surface area contributed by atoms with Crippen molar-refractivity contribution in [3.63, 3.8) is 0 Å². The maximum atomic E-state index is 13.7. The van der Waals surface area contributed by atoms with Crippen LogP contribution in [0.2, 0.25) is 0 Å². The monoisotopic (exact) mass is 295 g/mol. The first kappa shape index (κ1) is 15.7. The summed E-state index contributed by atoms with van der Waals surface area (Å²) in [4.78, 5) is 12.7. The van der Waals surface area contributed by atoms with Crippen LogP contribution >= 0.6 is 0 Å². The van der Waals surface area contributed by atoms with Crippen LogP contribution in [-0.4, -0.2) is 30.1 Å². The second-order valence-corrected chi connectivity index (χ2v) is 5.89. The van der Waals surface area contributed by atoms with Gasteiger partial charge < -0.3 is 10.2 Å². The number of benzene rings is 1. The number of aryl methyl sites for hydroxylation is 1. The van der Waals surface area contributed by atoms with E-state index >= 15 is 0 Å². The van der Waals surface area contributed by atoms with Gasteiger partial charge in [-0.2, -0.15) is 0 Å². The molecular weight excluding hydrogens is 273 g/mol. The Morgan fingerprint density at radius 1 is 1.52 bits per heavy atom. The molecule has 116 valence electrons. The molecule has 0 bridgehead atoms. The summed E-state index contributed by atoms with van der Waals surface area (Å²) in [7, 11) is 0. The normalized spacial score (nSPS) is 18.2. The molecule has 0 aliphatic carbocycles. The van der Waals surface area contributed by atoms with E-state index in [1.165, 1.54) is 0 Å². The molecule has 1 unspecified atom stereocenters. The first-order valence-electron chi connectivity index (χ1n) is 7.34. The number of nitrogens with one attached hydrogen (secondary N) is 1. The molecule has 1 aliphatic heterocycles. The number of halogens is 1. The van der Waals surface area contributed by atoms with Gasteiger partial charge in [-0.15, -0.1) is 0 Å².